The quantitative estimate of drug-likeness (QED) is 0.184. The first-order valence-electron chi connectivity index (χ1n) is 12.7. The first kappa shape index (κ1) is 28.8. The van der Waals surface area contributed by atoms with Crippen molar-refractivity contribution in [1.29, 1.82) is 0 Å². The molecule has 0 bridgehead atoms. The second-order valence-electron chi connectivity index (χ2n) is 9.47. The molecule has 0 aliphatic heterocycles. The molecular formula is C28H32ClN4O5P. The van der Waals surface area contributed by atoms with Crippen molar-refractivity contribution < 1.29 is 23.6 Å². The molecule has 1 amide bonds. The minimum atomic E-state index is -4.39. The van der Waals surface area contributed by atoms with Gasteiger partial charge in [-0.15, -0.1) is 0 Å². The van der Waals surface area contributed by atoms with E-state index in [1.54, 1.807) is 61.1 Å². The van der Waals surface area contributed by atoms with Crippen LogP contribution in [0.3, 0.4) is 0 Å². The van der Waals surface area contributed by atoms with Crippen molar-refractivity contribution in [3.8, 4) is 17.3 Å². The lowest BCUT2D eigenvalue weighted by atomic mass is 9.92. The topological polar surface area (TPSA) is 130 Å². The number of oxazole rings is 1. The Hall–Kier alpha value is -3.23. The Morgan fingerprint density at radius 3 is 2.26 bits per heavy atom. The summed E-state index contributed by atoms with van der Waals surface area (Å²) in [5.74, 6) is 0.325. The highest BCUT2D eigenvalue weighted by molar-refractivity contribution is 7.53. The highest BCUT2D eigenvalue weighted by atomic mass is 35.5. The Bertz CT molecular complexity index is 1500. The molecule has 0 fully saturated rings. The van der Waals surface area contributed by atoms with Crippen molar-refractivity contribution >= 4 is 30.8 Å². The SMILES string of the molecule is CCC(CC)(c1ccc(NC(=O)CCc2oc(-n3cnc(C)c3C)nc2-c2ccc(Cl)cc2)cc1)P(=O)(O)O. The first-order chi connectivity index (χ1) is 18.5. The van der Waals surface area contributed by atoms with Gasteiger partial charge in [0.25, 0.3) is 0 Å². The molecule has 3 N–H and O–H groups in total. The number of aromatic nitrogens is 3. The summed E-state index contributed by atoms with van der Waals surface area (Å²) in [5, 5.41) is 2.21. The van der Waals surface area contributed by atoms with Crippen LogP contribution in [0, 0.1) is 13.8 Å². The number of carbonyl (C=O) groups excluding carboxylic acids is 1. The summed E-state index contributed by atoms with van der Waals surface area (Å²) in [7, 11) is -4.39. The summed E-state index contributed by atoms with van der Waals surface area (Å²) in [5.41, 5.74) is 4.29. The number of benzene rings is 2. The fourth-order valence-electron chi connectivity index (χ4n) is 4.69. The summed E-state index contributed by atoms with van der Waals surface area (Å²) in [6.45, 7) is 7.36. The van der Waals surface area contributed by atoms with Gasteiger partial charge in [-0.05, 0) is 56.5 Å². The molecule has 0 saturated heterocycles. The van der Waals surface area contributed by atoms with Gasteiger partial charge in [-0.1, -0.05) is 49.7 Å². The summed E-state index contributed by atoms with van der Waals surface area (Å²) in [6.07, 6.45) is 2.68. The minimum Gasteiger partial charge on any atom is -0.427 e. The lowest BCUT2D eigenvalue weighted by Crippen LogP contribution is -2.24. The maximum absolute atomic E-state index is 12.8. The standard InChI is InChI=1S/C28H32ClN4O5P/c1-5-28(6-2,39(35,36)37)21-9-13-23(14-10-21)31-25(34)16-15-24-26(20-7-11-22(29)12-8-20)32-27(38-24)33-17-30-18(3)19(33)4/h7-14,17H,5-6,15-16H2,1-4H3,(H,31,34)(H2,35,36,37). The largest absolute Gasteiger partial charge is 0.427 e. The number of imidazole rings is 1. The maximum Gasteiger partial charge on any atom is 0.335 e. The van der Waals surface area contributed by atoms with E-state index in [1.807, 2.05) is 26.0 Å². The number of amides is 1. The van der Waals surface area contributed by atoms with Crippen molar-refractivity contribution in [3.63, 3.8) is 0 Å². The Kier molecular flexibility index (Phi) is 8.47. The average molecular weight is 571 g/mol. The number of carbonyl (C=O) groups is 1. The number of aryl methyl sites for hydroxylation is 2. The van der Waals surface area contributed by atoms with Gasteiger partial charge in [-0.25, -0.2) is 4.98 Å². The molecule has 2 heterocycles. The van der Waals surface area contributed by atoms with E-state index in [0.717, 1.165) is 17.0 Å². The Morgan fingerprint density at radius 2 is 1.72 bits per heavy atom. The third kappa shape index (κ3) is 5.87. The average Bonchev–Trinajstić information content (AvgIpc) is 3.47. The van der Waals surface area contributed by atoms with Crippen LogP contribution in [0.4, 0.5) is 5.69 Å². The van der Waals surface area contributed by atoms with Crippen molar-refractivity contribution in [3.05, 3.63) is 82.6 Å². The number of rotatable bonds is 10. The molecule has 0 spiro atoms. The summed E-state index contributed by atoms with van der Waals surface area (Å²) in [4.78, 5) is 41.9. The maximum atomic E-state index is 12.8. The van der Waals surface area contributed by atoms with Crippen molar-refractivity contribution in [1.82, 2.24) is 14.5 Å². The zero-order valence-corrected chi connectivity index (χ0v) is 24.0. The molecule has 4 aromatic rings. The third-order valence-corrected chi connectivity index (χ3v) is 9.53. The summed E-state index contributed by atoms with van der Waals surface area (Å²) < 4.78 is 20.1. The number of anilines is 1. The monoisotopic (exact) mass is 570 g/mol. The van der Waals surface area contributed by atoms with Crippen LogP contribution in [0.15, 0.2) is 59.3 Å². The molecule has 0 saturated carbocycles. The van der Waals surface area contributed by atoms with Gasteiger partial charge >= 0.3 is 13.6 Å². The fourth-order valence-corrected chi connectivity index (χ4v) is 6.12. The van der Waals surface area contributed by atoms with Crippen LogP contribution in [0.25, 0.3) is 17.3 Å². The van der Waals surface area contributed by atoms with Gasteiger partial charge in [-0.2, -0.15) is 4.98 Å². The normalized spacial score (nSPS) is 12.1. The third-order valence-electron chi connectivity index (χ3n) is 7.27. The Labute approximate surface area is 232 Å². The van der Waals surface area contributed by atoms with Crippen LogP contribution in [0.5, 0.6) is 0 Å². The van der Waals surface area contributed by atoms with E-state index in [-0.39, 0.29) is 12.3 Å². The second-order valence-corrected chi connectivity index (χ2v) is 11.8. The van der Waals surface area contributed by atoms with Crippen LogP contribution >= 0.6 is 19.2 Å². The van der Waals surface area contributed by atoms with E-state index >= 15 is 0 Å². The molecule has 2 aromatic heterocycles. The predicted molar refractivity (Wildman–Crippen MR) is 151 cm³/mol. The highest BCUT2D eigenvalue weighted by Gasteiger charge is 2.45. The van der Waals surface area contributed by atoms with Gasteiger partial charge in [0, 0.05) is 34.8 Å². The smallest absolute Gasteiger partial charge is 0.335 e. The van der Waals surface area contributed by atoms with Gasteiger partial charge in [0.05, 0.1) is 10.9 Å². The van der Waals surface area contributed by atoms with Gasteiger partial charge < -0.3 is 19.5 Å². The molecule has 0 radical (unpaired) electrons. The van der Waals surface area contributed by atoms with E-state index in [1.165, 1.54) is 0 Å². The Morgan fingerprint density at radius 1 is 1.08 bits per heavy atom. The molecule has 0 aliphatic rings. The van der Waals surface area contributed by atoms with E-state index in [9.17, 15) is 19.1 Å². The lowest BCUT2D eigenvalue weighted by Gasteiger charge is -2.33. The van der Waals surface area contributed by atoms with Gasteiger partial charge in [-0.3, -0.25) is 13.9 Å². The summed E-state index contributed by atoms with van der Waals surface area (Å²) in [6, 6.07) is 14.3. The van der Waals surface area contributed by atoms with Crippen LogP contribution < -0.4 is 5.32 Å². The zero-order valence-electron chi connectivity index (χ0n) is 22.3. The predicted octanol–water partition coefficient (Wildman–Crippen LogP) is 6.56. The molecule has 39 heavy (non-hydrogen) atoms. The van der Waals surface area contributed by atoms with Gasteiger partial charge in [0.15, 0.2) is 0 Å². The minimum absolute atomic E-state index is 0.134. The van der Waals surface area contributed by atoms with Crippen LogP contribution in [-0.2, 0) is 20.9 Å². The van der Waals surface area contributed by atoms with E-state index < -0.39 is 12.8 Å². The zero-order chi connectivity index (χ0) is 28.4. The molecule has 9 nitrogen and oxygen atoms in total. The van der Waals surface area contributed by atoms with Crippen molar-refractivity contribution in [2.75, 3.05) is 5.32 Å². The van der Waals surface area contributed by atoms with E-state index in [4.69, 9.17) is 21.0 Å². The summed E-state index contributed by atoms with van der Waals surface area (Å²) >= 11 is 6.07. The number of halogens is 1. The van der Waals surface area contributed by atoms with E-state index in [2.05, 4.69) is 10.3 Å². The van der Waals surface area contributed by atoms with Gasteiger partial charge in [0.2, 0.25) is 5.91 Å². The number of nitrogens with one attached hydrogen (secondary N) is 1. The molecule has 206 valence electrons. The Balaban J connectivity index is 1.52. The first-order valence-corrected chi connectivity index (χ1v) is 14.7. The lowest BCUT2D eigenvalue weighted by molar-refractivity contribution is -0.116. The number of nitrogens with zero attached hydrogens (tertiary/aromatic N) is 3. The van der Waals surface area contributed by atoms with Crippen LogP contribution in [-0.4, -0.2) is 30.2 Å². The molecule has 0 unspecified atom stereocenters. The van der Waals surface area contributed by atoms with Crippen molar-refractivity contribution in [2.24, 2.45) is 0 Å². The van der Waals surface area contributed by atoms with Gasteiger partial charge in [0.1, 0.15) is 17.8 Å². The molecule has 11 heteroatoms. The number of hydrogen-bond donors (Lipinski definition) is 3. The molecule has 4 rings (SSSR count). The molecule has 0 atom stereocenters. The highest BCUT2D eigenvalue weighted by Crippen LogP contribution is 2.60. The fraction of sp³-hybridized carbons (Fsp3) is 0.321. The van der Waals surface area contributed by atoms with Crippen LogP contribution in [0.2, 0.25) is 5.02 Å². The molecular weight excluding hydrogens is 539 g/mol. The number of hydrogen-bond acceptors (Lipinski definition) is 5. The molecule has 2 aromatic carbocycles. The molecule has 0 aliphatic carbocycles. The van der Waals surface area contributed by atoms with E-state index in [0.29, 0.717) is 53.0 Å². The second kappa shape index (κ2) is 11.5. The van der Waals surface area contributed by atoms with Crippen LogP contribution in [0.1, 0.15) is 55.8 Å². The van der Waals surface area contributed by atoms with Crippen molar-refractivity contribution in [2.45, 2.75) is 58.5 Å².